The molecular formula is C18H27N3O3S. The SMILES string of the molecule is CC1CC(C(=O)O)CN(C(=O)NCC(c2cccs2)N2CCCC2)C1. The number of piperidine rings is 1. The Morgan fingerprint density at radius 3 is 2.76 bits per heavy atom. The molecule has 2 fully saturated rings. The summed E-state index contributed by atoms with van der Waals surface area (Å²) in [5, 5.41) is 14.4. The molecule has 6 nitrogen and oxygen atoms in total. The van der Waals surface area contributed by atoms with Crippen molar-refractivity contribution in [3.05, 3.63) is 22.4 Å². The second-order valence-corrected chi connectivity index (χ2v) is 8.22. The largest absolute Gasteiger partial charge is 0.481 e. The van der Waals surface area contributed by atoms with Gasteiger partial charge in [-0.15, -0.1) is 11.3 Å². The van der Waals surface area contributed by atoms with Crippen LogP contribution in [0.5, 0.6) is 0 Å². The third-order valence-electron chi connectivity index (χ3n) is 5.20. The monoisotopic (exact) mass is 365 g/mol. The summed E-state index contributed by atoms with van der Waals surface area (Å²) in [6.45, 7) is 5.65. The molecule has 2 aliphatic rings. The molecule has 0 aliphatic carbocycles. The zero-order valence-corrected chi connectivity index (χ0v) is 15.5. The van der Waals surface area contributed by atoms with E-state index in [1.165, 1.54) is 17.7 Å². The molecule has 3 heterocycles. The van der Waals surface area contributed by atoms with Crippen molar-refractivity contribution in [3.8, 4) is 0 Å². The van der Waals surface area contributed by atoms with Gasteiger partial charge in [0.2, 0.25) is 0 Å². The molecule has 0 bridgehead atoms. The fourth-order valence-corrected chi connectivity index (χ4v) is 4.80. The van der Waals surface area contributed by atoms with Gasteiger partial charge in [0.15, 0.2) is 0 Å². The minimum absolute atomic E-state index is 0.140. The summed E-state index contributed by atoms with van der Waals surface area (Å²) in [4.78, 5) is 29.3. The molecule has 3 unspecified atom stereocenters. The number of aliphatic carboxylic acids is 1. The van der Waals surface area contributed by atoms with Gasteiger partial charge in [0.25, 0.3) is 0 Å². The Kier molecular flexibility index (Phi) is 5.96. The lowest BCUT2D eigenvalue weighted by molar-refractivity contribution is -0.143. The Labute approximate surface area is 152 Å². The van der Waals surface area contributed by atoms with Crippen molar-refractivity contribution < 1.29 is 14.7 Å². The van der Waals surface area contributed by atoms with Crippen molar-refractivity contribution in [2.75, 3.05) is 32.7 Å². The summed E-state index contributed by atoms with van der Waals surface area (Å²) in [5.74, 6) is -1.05. The van der Waals surface area contributed by atoms with Crippen molar-refractivity contribution >= 4 is 23.3 Å². The average Bonchev–Trinajstić information content (AvgIpc) is 3.28. The third kappa shape index (κ3) is 4.52. The number of rotatable bonds is 5. The maximum atomic E-state index is 12.6. The normalized spacial score (nSPS) is 25.7. The molecular weight excluding hydrogens is 338 g/mol. The van der Waals surface area contributed by atoms with Gasteiger partial charge < -0.3 is 15.3 Å². The summed E-state index contributed by atoms with van der Waals surface area (Å²) in [6, 6.07) is 4.25. The number of nitrogens with one attached hydrogen (secondary N) is 1. The number of hydrogen-bond acceptors (Lipinski definition) is 4. The van der Waals surface area contributed by atoms with Gasteiger partial charge in [0.1, 0.15) is 0 Å². The number of nitrogens with zero attached hydrogens (tertiary/aromatic N) is 2. The van der Waals surface area contributed by atoms with Crippen LogP contribution in [0, 0.1) is 11.8 Å². The van der Waals surface area contributed by atoms with Crippen LogP contribution in [0.1, 0.15) is 37.1 Å². The van der Waals surface area contributed by atoms with Gasteiger partial charge in [-0.2, -0.15) is 0 Å². The van der Waals surface area contributed by atoms with Gasteiger partial charge >= 0.3 is 12.0 Å². The molecule has 2 saturated heterocycles. The lowest BCUT2D eigenvalue weighted by Gasteiger charge is -2.35. The highest BCUT2D eigenvalue weighted by atomic mass is 32.1. The van der Waals surface area contributed by atoms with Gasteiger partial charge in [0.05, 0.1) is 12.0 Å². The Balaban J connectivity index is 1.60. The van der Waals surface area contributed by atoms with Crippen LogP contribution in [0.2, 0.25) is 0 Å². The third-order valence-corrected chi connectivity index (χ3v) is 6.17. The standard InChI is InChI=1S/C18H27N3O3S/c1-13-9-14(17(22)23)12-21(11-13)18(24)19-10-15(16-5-4-8-25-16)20-6-2-3-7-20/h4-5,8,13-15H,2-3,6-7,9-12H2,1H3,(H,19,24)(H,22,23). The minimum Gasteiger partial charge on any atom is -0.481 e. The zero-order valence-electron chi connectivity index (χ0n) is 14.7. The maximum Gasteiger partial charge on any atom is 0.317 e. The molecule has 3 atom stereocenters. The van der Waals surface area contributed by atoms with E-state index in [1.54, 1.807) is 16.2 Å². The average molecular weight is 365 g/mol. The number of hydrogen-bond donors (Lipinski definition) is 2. The molecule has 0 spiro atoms. The van der Waals surface area contributed by atoms with E-state index in [9.17, 15) is 14.7 Å². The molecule has 0 saturated carbocycles. The van der Waals surface area contributed by atoms with Crippen LogP contribution in [-0.2, 0) is 4.79 Å². The molecule has 2 N–H and O–H groups in total. The Morgan fingerprint density at radius 1 is 1.36 bits per heavy atom. The van der Waals surface area contributed by atoms with E-state index in [4.69, 9.17) is 0 Å². The molecule has 0 aromatic carbocycles. The summed E-state index contributed by atoms with van der Waals surface area (Å²) < 4.78 is 0. The zero-order chi connectivity index (χ0) is 17.8. The highest BCUT2D eigenvalue weighted by Gasteiger charge is 2.32. The van der Waals surface area contributed by atoms with Crippen LogP contribution in [0.25, 0.3) is 0 Å². The lowest BCUT2D eigenvalue weighted by Crippen LogP contribution is -2.50. The van der Waals surface area contributed by atoms with Gasteiger partial charge in [-0.3, -0.25) is 9.69 Å². The molecule has 2 aliphatic heterocycles. The topological polar surface area (TPSA) is 72.9 Å². The van der Waals surface area contributed by atoms with E-state index < -0.39 is 11.9 Å². The van der Waals surface area contributed by atoms with Crippen LogP contribution in [0.3, 0.4) is 0 Å². The molecule has 1 aromatic heterocycles. The van der Waals surface area contributed by atoms with E-state index in [-0.39, 0.29) is 18.0 Å². The minimum atomic E-state index is -0.808. The quantitative estimate of drug-likeness (QED) is 0.841. The van der Waals surface area contributed by atoms with Gasteiger partial charge in [-0.05, 0) is 49.7 Å². The van der Waals surface area contributed by atoms with Crippen LogP contribution in [0.15, 0.2) is 17.5 Å². The highest BCUT2D eigenvalue weighted by molar-refractivity contribution is 7.10. The summed E-state index contributed by atoms with van der Waals surface area (Å²) in [7, 11) is 0. The smallest absolute Gasteiger partial charge is 0.317 e. The Bertz CT molecular complexity index is 586. The first-order valence-electron chi connectivity index (χ1n) is 9.07. The van der Waals surface area contributed by atoms with Crippen LogP contribution in [0.4, 0.5) is 4.79 Å². The van der Waals surface area contributed by atoms with Gasteiger partial charge in [0, 0.05) is 24.5 Å². The van der Waals surface area contributed by atoms with Gasteiger partial charge in [-0.1, -0.05) is 13.0 Å². The highest BCUT2D eigenvalue weighted by Crippen LogP contribution is 2.28. The second-order valence-electron chi connectivity index (χ2n) is 7.24. The first-order valence-corrected chi connectivity index (χ1v) is 9.95. The van der Waals surface area contributed by atoms with E-state index in [0.29, 0.717) is 26.1 Å². The number of urea groups is 1. The number of carboxylic acid groups (broad SMARTS) is 1. The molecule has 0 radical (unpaired) electrons. The molecule has 2 amide bonds. The van der Waals surface area contributed by atoms with Crippen LogP contribution < -0.4 is 5.32 Å². The van der Waals surface area contributed by atoms with Crippen molar-refractivity contribution in [3.63, 3.8) is 0 Å². The predicted octanol–water partition coefficient (Wildman–Crippen LogP) is 2.64. The van der Waals surface area contributed by atoms with Gasteiger partial charge in [-0.25, -0.2) is 4.79 Å². The predicted molar refractivity (Wildman–Crippen MR) is 97.7 cm³/mol. The van der Waals surface area contributed by atoms with Crippen LogP contribution >= 0.6 is 11.3 Å². The first-order chi connectivity index (χ1) is 12.0. The molecule has 3 rings (SSSR count). The number of thiophene rings is 1. The van der Waals surface area contributed by atoms with Crippen molar-refractivity contribution in [1.29, 1.82) is 0 Å². The van der Waals surface area contributed by atoms with Crippen molar-refractivity contribution in [2.45, 2.75) is 32.2 Å². The maximum absolute atomic E-state index is 12.6. The lowest BCUT2D eigenvalue weighted by atomic mass is 9.91. The summed E-state index contributed by atoms with van der Waals surface area (Å²) in [6.07, 6.45) is 3.06. The van der Waals surface area contributed by atoms with E-state index in [2.05, 4.69) is 27.7 Å². The first kappa shape index (κ1) is 18.2. The molecule has 25 heavy (non-hydrogen) atoms. The number of amides is 2. The van der Waals surface area contributed by atoms with E-state index in [0.717, 1.165) is 13.1 Å². The summed E-state index contributed by atoms with van der Waals surface area (Å²) in [5.41, 5.74) is 0. The van der Waals surface area contributed by atoms with E-state index >= 15 is 0 Å². The van der Waals surface area contributed by atoms with Crippen molar-refractivity contribution in [2.24, 2.45) is 11.8 Å². The fourth-order valence-electron chi connectivity index (χ4n) is 3.94. The number of likely N-dealkylation sites (tertiary alicyclic amines) is 2. The van der Waals surface area contributed by atoms with Crippen molar-refractivity contribution in [1.82, 2.24) is 15.1 Å². The molecule has 7 heteroatoms. The molecule has 1 aromatic rings. The number of carbonyl (C=O) groups excluding carboxylic acids is 1. The number of carbonyl (C=O) groups is 2. The summed E-state index contributed by atoms with van der Waals surface area (Å²) >= 11 is 1.73. The van der Waals surface area contributed by atoms with E-state index in [1.807, 2.05) is 6.92 Å². The Hall–Kier alpha value is -1.60. The van der Waals surface area contributed by atoms with Crippen LogP contribution in [-0.4, -0.2) is 59.6 Å². The fraction of sp³-hybridized carbons (Fsp3) is 0.667. The second kappa shape index (κ2) is 8.19. The number of carboxylic acids is 1. The molecule has 138 valence electrons. The Morgan fingerprint density at radius 2 is 2.12 bits per heavy atom.